The molecule has 0 aliphatic carbocycles. The Balaban J connectivity index is 2.48. The van der Waals surface area contributed by atoms with Gasteiger partial charge in [0.25, 0.3) is 0 Å². The molecule has 0 bridgehead atoms. The molecular weight excluding hydrogens is 294 g/mol. The van der Waals surface area contributed by atoms with Crippen molar-refractivity contribution in [2.45, 2.75) is 40.0 Å². The smallest absolute Gasteiger partial charge is 0.140 e. The maximum Gasteiger partial charge on any atom is 0.140 e. The molecule has 3 rings (SSSR count). The Labute approximate surface area is 135 Å². The molecule has 0 unspecified atom stereocenters. The van der Waals surface area contributed by atoms with Crippen LogP contribution in [0.15, 0.2) is 18.3 Å². The first-order chi connectivity index (χ1) is 10.6. The van der Waals surface area contributed by atoms with Crippen molar-refractivity contribution >= 4 is 28.3 Å². The molecular formula is C18H18ClN3. The number of hydrogen-bond acceptors (Lipinski definition) is 2. The fraction of sp³-hybridized carbons (Fsp3) is 0.333. The molecule has 0 aliphatic rings. The number of benzene rings is 1. The number of nitriles is 1. The summed E-state index contributed by atoms with van der Waals surface area (Å²) in [4.78, 5) is 4.68. The number of hydrogen-bond donors (Lipinski definition) is 0. The maximum absolute atomic E-state index is 9.61. The lowest BCUT2D eigenvalue weighted by Crippen LogP contribution is -1.98. The number of aryl methyl sites for hydroxylation is 1. The van der Waals surface area contributed by atoms with Gasteiger partial charge in [0, 0.05) is 6.20 Å². The summed E-state index contributed by atoms with van der Waals surface area (Å²) in [6, 6.07) is 6.33. The van der Waals surface area contributed by atoms with Gasteiger partial charge in [0.15, 0.2) is 0 Å². The zero-order valence-electron chi connectivity index (χ0n) is 13.1. The lowest BCUT2D eigenvalue weighted by Gasteiger charge is -2.11. The quantitative estimate of drug-likeness (QED) is 0.685. The van der Waals surface area contributed by atoms with Crippen molar-refractivity contribution in [2.24, 2.45) is 0 Å². The summed E-state index contributed by atoms with van der Waals surface area (Å²) in [5, 5.41) is 10.3. The first-order valence-electron chi connectivity index (χ1n) is 7.58. The summed E-state index contributed by atoms with van der Waals surface area (Å²) < 4.78 is 2.00. The van der Waals surface area contributed by atoms with Crippen molar-refractivity contribution in [3.05, 3.63) is 45.6 Å². The van der Waals surface area contributed by atoms with E-state index in [1.165, 1.54) is 0 Å². The van der Waals surface area contributed by atoms with E-state index in [1.807, 2.05) is 36.6 Å². The Morgan fingerprint density at radius 3 is 2.82 bits per heavy atom. The molecule has 22 heavy (non-hydrogen) atoms. The minimum atomic E-state index is 0.647. The molecule has 1 aromatic carbocycles. The summed E-state index contributed by atoms with van der Waals surface area (Å²) in [7, 11) is 0. The van der Waals surface area contributed by atoms with Gasteiger partial charge in [0.1, 0.15) is 17.2 Å². The molecule has 0 fully saturated rings. The van der Waals surface area contributed by atoms with E-state index in [4.69, 9.17) is 11.6 Å². The molecule has 0 N–H and O–H groups in total. The van der Waals surface area contributed by atoms with E-state index in [0.29, 0.717) is 11.1 Å². The largest absolute Gasteiger partial charge is 0.298 e. The van der Waals surface area contributed by atoms with Crippen molar-refractivity contribution in [2.75, 3.05) is 0 Å². The van der Waals surface area contributed by atoms with E-state index >= 15 is 0 Å². The van der Waals surface area contributed by atoms with Gasteiger partial charge in [-0.2, -0.15) is 5.26 Å². The molecule has 0 aliphatic heterocycles. The Kier molecular flexibility index (Phi) is 3.80. The molecule has 2 aromatic heterocycles. The van der Waals surface area contributed by atoms with Crippen molar-refractivity contribution in [3.8, 4) is 6.07 Å². The van der Waals surface area contributed by atoms with Crippen LogP contribution in [-0.2, 0) is 6.42 Å². The molecule has 112 valence electrons. The molecule has 0 saturated carbocycles. The van der Waals surface area contributed by atoms with Crippen molar-refractivity contribution in [1.29, 1.82) is 5.26 Å². The minimum absolute atomic E-state index is 0.647. The van der Waals surface area contributed by atoms with E-state index in [-0.39, 0.29) is 0 Å². The van der Waals surface area contributed by atoms with Crippen LogP contribution < -0.4 is 0 Å². The van der Waals surface area contributed by atoms with Crippen LogP contribution in [0.4, 0.5) is 0 Å². The second-order valence-electron chi connectivity index (χ2n) is 5.70. The van der Waals surface area contributed by atoms with Crippen LogP contribution in [-0.4, -0.2) is 9.38 Å². The van der Waals surface area contributed by atoms with Gasteiger partial charge in [0.2, 0.25) is 0 Å². The number of unbranched alkanes of at least 4 members (excludes halogenated alkanes) is 1. The Hall–Kier alpha value is -2.05. The second-order valence-corrected chi connectivity index (χ2v) is 6.08. The first kappa shape index (κ1) is 14.9. The van der Waals surface area contributed by atoms with Gasteiger partial charge in [-0.05, 0) is 49.4 Å². The average Bonchev–Trinajstić information content (AvgIpc) is 2.88. The highest BCUT2D eigenvalue weighted by atomic mass is 35.5. The molecule has 0 amide bonds. The third kappa shape index (κ3) is 2.07. The molecule has 0 saturated heterocycles. The highest BCUT2D eigenvalue weighted by molar-refractivity contribution is 6.36. The summed E-state index contributed by atoms with van der Waals surface area (Å²) in [6.45, 7) is 6.16. The molecule has 4 heteroatoms. The maximum atomic E-state index is 9.61. The number of halogens is 1. The summed E-state index contributed by atoms with van der Waals surface area (Å²) in [5.74, 6) is 0. The summed E-state index contributed by atoms with van der Waals surface area (Å²) in [6.07, 6.45) is 5.02. The van der Waals surface area contributed by atoms with Gasteiger partial charge in [-0.25, -0.2) is 4.98 Å². The first-order valence-corrected chi connectivity index (χ1v) is 7.96. The van der Waals surface area contributed by atoms with Gasteiger partial charge in [-0.1, -0.05) is 31.0 Å². The fourth-order valence-corrected chi connectivity index (χ4v) is 3.43. The topological polar surface area (TPSA) is 41.1 Å². The normalized spacial score (nSPS) is 11.2. The standard InChI is InChI=1S/C18H18ClN3/c1-4-5-8-13-12(3)14(10-20)16-17(15(13)19)22-9-6-7-11(2)18(22)21-16/h6-7,9H,4-5,8H2,1-3H3. The van der Waals surface area contributed by atoms with Crippen LogP contribution in [0.25, 0.3) is 16.7 Å². The van der Waals surface area contributed by atoms with Crippen LogP contribution in [0.1, 0.15) is 42.0 Å². The lowest BCUT2D eigenvalue weighted by molar-refractivity contribution is 0.791. The van der Waals surface area contributed by atoms with Gasteiger partial charge >= 0.3 is 0 Å². The van der Waals surface area contributed by atoms with Crippen molar-refractivity contribution < 1.29 is 0 Å². The molecule has 0 spiro atoms. The Morgan fingerprint density at radius 2 is 2.14 bits per heavy atom. The molecule has 3 aromatic rings. The highest BCUT2D eigenvalue weighted by Gasteiger charge is 2.20. The van der Waals surface area contributed by atoms with Crippen LogP contribution in [0.5, 0.6) is 0 Å². The van der Waals surface area contributed by atoms with Gasteiger partial charge in [-0.3, -0.25) is 4.40 Å². The summed E-state index contributed by atoms with van der Waals surface area (Å²) >= 11 is 6.71. The van der Waals surface area contributed by atoms with Crippen LogP contribution >= 0.6 is 11.6 Å². The zero-order valence-corrected chi connectivity index (χ0v) is 13.8. The van der Waals surface area contributed by atoms with Gasteiger partial charge < -0.3 is 0 Å². The predicted molar refractivity (Wildman–Crippen MR) is 90.5 cm³/mol. The minimum Gasteiger partial charge on any atom is -0.298 e. The number of aromatic nitrogens is 2. The molecule has 2 heterocycles. The summed E-state index contributed by atoms with van der Waals surface area (Å²) in [5.41, 5.74) is 6.20. The van der Waals surface area contributed by atoms with Crippen molar-refractivity contribution in [3.63, 3.8) is 0 Å². The Morgan fingerprint density at radius 1 is 1.36 bits per heavy atom. The van der Waals surface area contributed by atoms with E-state index in [2.05, 4.69) is 18.0 Å². The van der Waals surface area contributed by atoms with Gasteiger partial charge in [-0.15, -0.1) is 0 Å². The zero-order chi connectivity index (χ0) is 15.9. The molecule has 0 atom stereocenters. The highest BCUT2D eigenvalue weighted by Crippen LogP contribution is 2.35. The Bertz CT molecular complexity index is 916. The SMILES string of the molecule is CCCCc1c(C)c(C#N)c2nc3c(C)cccn3c2c1Cl. The monoisotopic (exact) mass is 311 g/mol. The third-order valence-electron chi connectivity index (χ3n) is 4.27. The van der Waals surface area contributed by atoms with Gasteiger partial charge in [0.05, 0.1) is 16.1 Å². The van der Waals surface area contributed by atoms with E-state index in [9.17, 15) is 5.26 Å². The molecule has 0 radical (unpaired) electrons. The van der Waals surface area contributed by atoms with Crippen LogP contribution in [0.3, 0.4) is 0 Å². The van der Waals surface area contributed by atoms with Crippen LogP contribution in [0, 0.1) is 25.2 Å². The predicted octanol–water partition coefficient (Wildman–Crippen LogP) is 4.97. The number of imidazole rings is 1. The third-order valence-corrected chi connectivity index (χ3v) is 4.68. The number of fused-ring (bicyclic) bond motifs is 3. The van der Waals surface area contributed by atoms with E-state index in [1.54, 1.807) is 0 Å². The second kappa shape index (κ2) is 5.62. The number of pyridine rings is 1. The lowest BCUT2D eigenvalue weighted by atomic mass is 9.97. The van der Waals surface area contributed by atoms with E-state index < -0.39 is 0 Å². The molecule has 3 nitrogen and oxygen atoms in total. The number of rotatable bonds is 3. The van der Waals surface area contributed by atoms with E-state index in [0.717, 1.165) is 52.1 Å². The van der Waals surface area contributed by atoms with Crippen molar-refractivity contribution in [1.82, 2.24) is 9.38 Å². The number of nitrogens with zero attached hydrogens (tertiary/aromatic N) is 3. The van der Waals surface area contributed by atoms with Crippen LogP contribution in [0.2, 0.25) is 5.02 Å². The fourth-order valence-electron chi connectivity index (χ4n) is 3.01. The average molecular weight is 312 g/mol.